The summed E-state index contributed by atoms with van der Waals surface area (Å²) >= 11 is 0. The van der Waals surface area contributed by atoms with Crippen LogP contribution in [0.2, 0.25) is 0 Å². The minimum Gasteiger partial charge on any atom is -0.461 e. The molecule has 0 fully saturated rings. The predicted molar refractivity (Wildman–Crippen MR) is 63.3 cm³/mol. The van der Waals surface area contributed by atoms with Gasteiger partial charge in [0.15, 0.2) is 5.43 Å². The van der Waals surface area contributed by atoms with E-state index in [0.717, 1.165) is 0 Å². The van der Waals surface area contributed by atoms with Crippen LogP contribution in [0.15, 0.2) is 27.4 Å². The third-order valence-electron chi connectivity index (χ3n) is 2.60. The molecule has 0 spiro atoms. The van der Waals surface area contributed by atoms with Gasteiger partial charge in [-0.1, -0.05) is 6.07 Å². The van der Waals surface area contributed by atoms with Crippen LogP contribution in [0.5, 0.6) is 5.75 Å². The van der Waals surface area contributed by atoms with Crippen LogP contribution < -0.4 is 10.2 Å². The van der Waals surface area contributed by atoms with Crippen molar-refractivity contribution in [3.8, 4) is 5.75 Å². The van der Waals surface area contributed by atoms with Gasteiger partial charge in [0, 0.05) is 12.5 Å². The van der Waals surface area contributed by atoms with Crippen molar-refractivity contribution >= 4 is 16.9 Å². The molecule has 0 saturated heterocycles. The van der Waals surface area contributed by atoms with E-state index in [1.54, 1.807) is 32.0 Å². The Labute approximate surface area is 97.8 Å². The number of carbonyl (C=O) groups is 1. The van der Waals surface area contributed by atoms with E-state index < -0.39 is 5.97 Å². The number of hydrogen-bond donors (Lipinski definition) is 0. The first kappa shape index (κ1) is 11.4. The van der Waals surface area contributed by atoms with Gasteiger partial charge < -0.3 is 9.15 Å². The Kier molecular flexibility index (Phi) is 2.71. The fraction of sp³-hybridized carbons (Fsp3) is 0.231. The zero-order chi connectivity index (χ0) is 12.6. The molecule has 0 radical (unpaired) electrons. The van der Waals surface area contributed by atoms with Gasteiger partial charge in [-0.2, -0.15) is 0 Å². The van der Waals surface area contributed by atoms with Gasteiger partial charge in [0.05, 0.1) is 0 Å². The van der Waals surface area contributed by atoms with E-state index in [1.807, 2.05) is 0 Å². The van der Waals surface area contributed by atoms with Crippen molar-refractivity contribution in [1.29, 1.82) is 0 Å². The summed E-state index contributed by atoms with van der Waals surface area (Å²) in [6, 6.07) is 4.93. The first-order valence-electron chi connectivity index (χ1n) is 5.22. The molecular weight excluding hydrogens is 220 g/mol. The number of fused-ring (bicyclic) bond motifs is 1. The minimum atomic E-state index is -0.463. The standard InChI is InChI=1S/C13H12O4/c1-7-8(2)16-10-5-4-6-11(17-9(3)14)12(10)13(7)15/h4-6H,1-3H3. The van der Waals surface area contributed by atoms with Crippen LogP contribution in [0, 0.1) is 13.8 Å². The van der Waals surface area contributed by atoms with E-state index in [0.29, 0.717) is 22.3 Å². The predicted octanol–water partition coefficient (Wildman–Crippen LogP) is 2.34. The Balaban J connectivity index is 2.84. The highest BCUT2D eigenvalue weighted by atomic mass is 16.5. The summed E-state index contributed by atoms with van der Waals surface area (Å²) in [7, 11) is 0. The van der Waals surface area contributed by atoms with Gasteiger partial charge in [0.25, 0.3) is 0 Å². The zero-order valence-electron chi connectivity index (χ0n) is 9.87. The fourth-order valence-corrected chi connectivity index (χ4v) is 1.65. The second kappa shape index (κ2) is 4.05. The average molecular weight is 232 g/mol. The SMILES string of the molecule is CC(=O)Oc1cccc2oc(C)c(C)c(=O)c12. The summed E-state index contributed by atoms with van der Waals surface area (Å²) in [6.45, 7) is 4.71. The van der Waals surface area contributed by atoms with E-state index in [4.69, 9.17) is 9.15 Å². The van der Waals surface area contributed by atoms with Gasteiger partial charge >= 0.3 is 5.97 Å². The number of hydrogen-bond acceptors (Lipinski definition) is 4. The number of aryl methyl sites for hydroxylation is 1. The van der Waals surface area contributed by atoms with Crippen molar-refractivity contribution < 1.29 is 13.9 Å². The number of ether oxygens (including phenoxy) is 1. The zero-order valence-corrected chi connectivity index (χ0v) is 9.87. The molecule has 0 atom stereocenters. The number of rotatable bonds is 1. The summed E-state index contributed by atoms with van der Waals surface area (Å²) in [6.07, 6.45) is 0. The number of carbonyl (C=O) groups excluding carboxylic acids is 1. The third-order valence-corrected chi connectivity index (χ3v) is 2.60. The topological polar surface area (TPSA) is 56.5 Å². The van der Waals surface area contributed by atoms with E-state index in [2.05, 4.69) is 0 Å². The molecule has 17 heavy (non-hydrogen) atoms. The van der Waals surface area contributed by atoms with Crippen molar-refractivity contribution in [2.75, 3.05) is 0 Å². The lowest BCUT2D eigenvalue weighted by atomic mass is 10.1. The van der Waals surface area contributed by atoms with E-state index in [9.17, 15) is 9.59 Å². The molecule has 0 saturated carbocycles. The van der Waals surface area contributed by atoms with Gasteiger partial charge in [0.2, 0.25) is 0 Å². The fourth-order valence-electron chi connectivity index (χ4n) is 1.65. The molecule has 4 heteroatoms. The first-order chi connectivity index (χ1) is 8.00. The molecule has 4 nitrogen and oxygen atoms in total. The molecule has 1 aromatic carbocycles. The van der Waals surface area contributed by atoms with Crippen LogP contribution in [0.4, 0.5) is 0 Å². The van der Waals surface area contributed by atoms with E-state index in [1.165, 1.54) is 6.92 Å². The van der Waals surface area contributed by atoms with Crippen molar-refractivity contribution in [3.05, 3.63) is 39.7 Å². The molecule has 2 rings (SSSR count). The molecule has 1 heterocycles. The molecule has 0 bridgehead atoms. The molecule has 0 amide bonds. The van der Waals surface area contributed by atoms with Gasteiger partial charge in [-0.15, -0.1) is 0 Å². The largest absolute Gasteiger partial charge is 0.461 e. The summed E-state index contributed by atoms with van der Waals surface area (Å²) in [5.74, 6) is 0.351. The van der Waals surface area contributed by atoms with Gasteiger partial charge in [-0.3, -0.25) is 9.59 Å². The van der Waals surface area contributed by atoms with E-state index in [-0.39, 0.29) is 11.2 Å². The molecule has 0 N–H and O–H groups in total. The lowest BCUT2D eigenvalue weighted by molar-refractivity contribution is -0.131. The monoisotopic (exact) mass is 232 g/mol. The second-order valence-electron chi connectivity index (χ2n) is 3.84. The van der Waals surface area contributed by atoms with Crippen LogP contribution in [0.25, 0.3) is 11.0 Å². The molecule has 0 aliphatic rings. The first-order valence-corrected chi connectivity index (χ1v) is 5.22. The lowest BCUT2D eigenvalue weighted by Gasteiger charge is -2.07. The van der Waals surface area contributed by atoms with Crippen LogP contribution in [-0.4, -0.2) is 5.97 Å². The Hall–Kier alpha value is -2.10. The Morgan fingerprint density at radius 3 is 2.65 bits per heavy atom. The molecule has 0 aliphatic heterocycles. The smallest absolute Gasteiger partial charge is 0.308 e. The Morgan fingerprint density at radius 2 is 2.00 bits per heavy atom. The molecular formula is C13H12O4. The average Bonchev–Trinajstić information content (AvgIpc) is 2.25. The van der Waals surface area contributed by atoms with Crippen LogP contribution in [0.1, 0.15) is 18.2 Å². The van der Waals surface area contributed by atoms with Crippen molar-refractivity contribution in [3.63, 3.8) is 0 Å². The summed E-state index contributed by atoms with van der Waals surface area (Å²) in [5, 5.41) is 0.311. The van der Waals surface area contributed by atoms with Gasteiger partial charge in [0.1, 0.15) is 22.5 Å². The summed E-state index contributed by atoms with van der Waals surface area (Å²) in [5.41, 5.74) is 0.787. The molecule has 0 unspecified atom stereocenters. The van der Waals surface area contributed by atoms with Crippen molar-refractivity contribution in [2.45, 2.75) is 20.8 Å². The summed E-state index contributed by atoms with van der Waals surface area (Å²) < 4.78 is 10.5. The summed E-state index contributed by atoms with van der Waals surface area (Å²) in [4.78, 5) is 23.1. The van der Waals surface area contributed by atoms with Crippen LogP contribution in [-0.2, 0) is 4.79 Å². The van der Waals surface area contributed by atoms with Crippen LogP contribution in [0.3, 0.4) is 0 Å². The maximum absolute atomic E-state index is 12.1. The van der Waals surface area contributed by atoms with Crippen LogP contribution >= 0.6 is 0 Å². The normalized spacial score (nSPS) is 10.5. The molecule has 2 aromatic rings. The maximum Gasteiger partial charge on any atom is 0.308 e. The molecule has 0 aliphatic carbocycles. The third kappa shape index (κ3) is 1.93. The lowest BCUT2D eigenvalue weighted by Crippen LogP contribution is -2.10. The van der Waals surface area contributed by atoms with Crippen molar-refractivity contribution in [1.82, 2.24) is 0 Å². The molecule has 88 valence electrons. The highest BCUT2D eigenvalue weighted by molar-refractivity contribution is 5.86. The van der Waals surface area contributed by atoms with E-state index >= 15 is 0 Å². The minimum absolute atomic E-state index is 0.166. The Bertz CT molecular complexity index is 652. The van der Waals surface area contributed by atoms with Gasteiger partial charge in [-0.05, 0) is 26.0 Å². The maximum atomic E-state index is 12.1. The highest BCUT2D eigenvalue weighted by Gasteiger charge is 2.13. The Morgan fingerprint density at radius 1 is 1.29 bits per heavy atom. The molecule has 1 aromatic heterocycles. The number of esters is 1. The number of benzene rings is 1. The van der Waals surface area contributed by atoms with Gasteiger partial charge in [-0.25, -0.2) is 0 Å². The van der Waals surface area contributed by atoms with Crippen molar-refractivity contribution in [2.24, 2.45) is 0 Å². The highest BCUT2D eigenvalue weighted by Crippen LogP contribution is 2.24. The second-order valence-corrected chi connectivity index (χ2v) is 3.84. The quantitative estimate of drug-likeness (QED) is 0.559.